The van der Waals surface area contributed by atoms with Crippen LogP contribution in [-0.2, 0) is 14.4 Å². The van der Waals surface area contributed by atoms with Gasteiger partial charge in [-0.15, -0.1) is 0 Å². The number of nitrogens with zero attached hydrogens (tertiary/aromatic N) is 3. The van der Waals surface area contributed by atoms with Gasteiger partial charge in [-0.05, 0) is 36.2 Å². The topological polar surface area (TPSA) is 141 Å². The second-order valence-electron chi connectivity index (χ2n) is 7.78. The van der Waals surface area contributed by atoms with Crippen LogP contribution in [0.25, 0.3) is 5.76 Å². The van der Waals surface area contributed by atoms with Crippen molar-refractivity contribution < 1.29 is 29.5 Å². The van der Waals surface area contributed by atoms with Crippen LogP contribution in [0.5, 0.6) is 0 Å². The number of nitro benzene ring substituents is 1. The number of benzene rings is 2. The Hall–Kier alpha value is -4.21. The summed E-state index contributed by atoms with van der Waals surface area (Å²) in [6.07, 6.45) is -0.0517. The fraction of sp³-hybridized carbons (Fsp3) is 0.261. The fourth-order valence-electron chi connectivity index (χ4n) is 3.71. The zero-order valence-electron chi connectivity index (χ0n) is 18.1. The van der Waals surface area contributed by atoms with E-state index in [2.05, 4.69) is 0 Å². The summed E-state index contributed by atoms with van der Waals surface area (Å²) in [5.74, 6) is -3.22. The number of carboxylic acid groups (broad SMARTS) is 1. The molecule has 1 heterocycles. The molecule has 0 unspecified atom stereocenters. The minimum Gasteiger partial charge on any atom is -0.507 e. The lowest BCUT2D eigenvalue weighted by Gasteiger charge is -2.25. The van der Waals surface area contributed by atoms with Gasteiger partial charge >= 0.3 is 5.97 Å². The lowest BCUT2D eigenvalue weighted by molar-refractivity contribution is -0.384. The standard InChI is InChI=1S/C23H23N3O7/c1-24(2)16-9-5-14(6-10-16)20-19(21(29)15-7-11-17(12-8-15)26(32)33)22(30)23(31)25(20)13-3-4-18(27)28/h5-12,20,29H,3-4,13H2,1-2H3,(H,27,28)/t20-/m1/s1. The molecule has 1 amide bonds. The molecule has 0 aliphatic carbocycles. The van der Waals surface area contributed by atoms with Crippen LogP contribution in [-0.4, -0.2) is 58.3 Å². The number of amides is 1. The number of aliphatic hydroxyl groups is 1. The number of rotatable bonds is 8. The number of carbonyl (C=O) groups is 3. The average Bonchev–Trinajstić information content (AvgIpc) is 3.03. The number of likely N-dealkylation sites (tertiary alicyclic amines) is 1. The van der Waals surface area contributed by atoms with Gasteiger partial charge in [0.25, 0.3) is 17.4 Å². The molecule has 10 nitrogen and oxygen atoms in total. The Kier molecular flexibility index (Phi) is 6.76. The maximum Gasteiger partial charge on any atom is 0.303 e. The highest BCUT2D eigenvalue weighted by atomic mass is 16.6. The summed E-state index contributed by atoms with van der Waals surface area (Å²) < 4.78 is 0. The number of hydrogen-bond donors (Lipinski definition) is 2. The third kappa shape index (κ3) is 4.84. The number of carbonyl (C=O) groups excluding carboxylic acids is 2. The Morgan fingerprint density at radius 1 is 1.06 bits per heavy atom. The van der Waals surface area contributed by atoms with Crippen molar-refractivity contribution in [2.45, 2.75) is 18.9 Å². The van der Waals surface area contributed by atoms with Crippen molar-refractivity contribution in [3.63, 3.8) is 0 Å². The molecule has 1 fully saturated rings. The molecule has 0 aromatic heterocycles. The van der Waals surface area contributed by atoms with E-state index in [-0.39, 0.29) is 36.2 Å². The zero-order chi connectivity index (χ0) is 24.3. The smallest absolute Gasteiger partial charge is 0.303 e. The molecule has 172 valence electrons. The van der Waals surface area contributed by atoms with Gasteiger partial charge in [-0.2, -0.15) is 0 Å². The summed E-state index contributed by atoms with van der Waals surface area (Å²) in [4.78, 5) is 50.1. The fourth-order valence-corrected chi connectivity index (χ4v) is 3.71. The van der Waals surface area contributed by atoms with Crippen LogP contribution < -0.4 is 4.90 Å². The predicted octanol–water partition coefficient (Wildman–Crippen LogP) is 2.95. The van der Waals surface area contributed by atoms with Crippen LogP contribution >= 0.6 is 0 Å². The first-order chi connectivity index (χ1) is 15.6. The minimum absolute atomic E-state index is 0.00795. The van der Waals surface area contributed by atoms with Crippen LogP contribution in [0, 0.1) is 10.1 Å². The van der Waals surface area contributed by atoms with E-state index < -0.39 is 34.4 Å². The highest BCUT2D eigenvalue weighted by molar-refractivity contribution is 6.46. The van der Waals surface area contributed by atoms with Crippen LogP contribution in [0.15, 0.2) is 54.1 Å². The molecular weight excluding hydrogens is 430 g/mol. The Bertz CT molecular complexity index is 1120. The normalized spacial score (nSPS) is 17.3. The Balaban J connectivity index is 2.09. The molecule has 1 atom stereocenters. The summed E-state index contributed by atoms with van der Waals surface area (Å²) in [6, 6.07) is 11.1. The quantitative estimate of drug-likeness (QED) is 0.204. The molecule has 0 radical (unpaired) electrons. The maximum absolute atomic E-state index is 12.9. The van der Waals surface area contributed by atoms with Gasteiger partial charge < -0.3 is 20.0 Å². The number of Topliss-reactive ketones (excluding diaryl/α,β-unsaturated/α-hetero) is 1. The minimum atomic E-state index is -1.02. The number of aliphatic carboxylic acids is 1. The van der Waals surface area contributed by atoms with E-state index in [4.69, 9.17) is 5.11 Å². The van der Waals surface area contributed by atoms with E-state index in [9.17, 15) is 29.6 Å². The molecule has 2 N–H and O–H groups in total. The highest BCUT2D eigenvalue weighted by Crippen LogP contribution is 2.40. The molecule has 2 aromatic carbocycles. The number of anilines is 1. The number of hydrogen-bond acceptors (Lipinski definition) is 7. The van der Waals surface area contributed by atoms with Gasteiger partial charge in [0.2, 0.25) is 0 Å². The first kappa shape index (κ1) is 23.5. The summed E-state index contributed by atoms with van der Waals surface area (Å²) in [7, 11) is 3.73. The molecule has 1 saturated heterocycles. The number of carboxylic acids is 1. The first-order valence-electron chi connectivity index (χ1n) is 10.1. The zero-order valence-corrected chi connectivity index (χ0v) is 18.1. The van der Waals surface area contributed by atoms with Crippen LogP contribution in [0.4, 0.5) is 11.4 Å². The van der Waals surface area contributed by atoms with Crippen molar-refractivity contribution >= 4 is 34.8 Å². The largest absolute Gasteiger partial charge is 0.507 e. The lowest BCUT2D eigenvalue weighted by Crippen LogP contribution is -2.31. The average molecular weight is 453 g/mol. The molecule has 0 bridgehead atoms. The predicted molar refractivity (Wildman–Crippen MR) is 120 cm³/mol. The molecule has 2 aromatic rings. The Labute approximate surface area is 189 Å². The van der Waals surface area contributed by atoms with Gasteiger partial charge in [-0.1, -0.05) is 12.1 Å². The molecule has 3 rings (SSSR count). The monoisotopic (exact) mass is 453 g/mol. The van der Waals surface area contributed by atoms with Gasteiger partial charge in [0, 0.05) is 50.4 Å². The van der Waals surface area contributed by atoms with Crippen molar-refractivity contribution in [1.29, 1.82) is 0 Å². The first-order valence-corrected chi connectivity index (χ1v) is 10.1. The van der Waals surface area contributed by atoms with Crippen molar-refractivity contribution in [1.82, 2.24) is 4.90 Å². The summed E-state index contributed by atoms with van der Waals surface area (Å²) >= 11 is 0. The molecule has 10 heteroatoms. The molecule has 33 heavy (non-hydrogen) atoms. The van der Waals surface area contributed by atoms with E-state index in [0.29, 0.717) is 5.56 Å². The van der Waals surface area contributed by atoms with E-state index >= 15 is 0 Å². The summed E-state index contributed by atoms with van der Waals surface area (Å²) in [6.45, 7) is 0.00795. The van der Waals surface area contributed by atoms with Crippen molar-refractivity contribution in [3.8, 4) is 0 Å². The van der Waals surface area contributed by atoms with Crippen molar-refractivity contribution in [2.75, 3.05) is 25.5 Å². The van der Waals surface area contributed by atoms with Gasteiger partial charge in [-0.25, -0.2) is 0 Å². The Morgan fingerprint density at radius 2 is 1.67 bits per heavy atom. The molecule has 1 aliphatic heterocycles. The summed E-state index contributed by atoms with van der Waals surface area (Å²) in [5, 5.41) is 30.8. The molecule has 0 spiro atoms. The van der Waals surface area contributed by atoms with Crippen LogP contribution in [0.1, 0.15) is 30.0 Å². The number of nitro groups is 1. The second-order valence-corrected chi connectivity index (χ2v) is 7.78. The lowest BCUT2D eigenvalue weighted by atomic mass is 9.95. The number of ketones is 1. The van der Waals surface area contributed by atoms with E-state index in [1.165, 1.54) is 29.2 Å². The third-order valence-electron chi connectivity index (χ3n) is 5.41. The van der Waals surface area contributed by atoms with E-state index in [1.807, 2.05) is 19.0 Å². The van der Waals surface area contributed by atoms with Crippen molar-refractivity contribution in [3.05, 3.63) is 75.3 Å². The van der Waals surface area contributed by atoms with Gasteiger partial charge in [0.15, 0.2) is 0 Å². The summed E-state index contributed by atoms with van der Waals surface area (Å²) in [5.41, 5.74) is 1.27. The maximum atomic E-state index is 12.9. The van der Waals surface area contributed by atoms with Gasteiger partial charge in [0.1, 0.15) is 5.76 Å². The SMILES string of the molecule is CN(C)c1ccc([C@@H]2C(=C(O)c3ccc([N+](=O)[O-])cc3)C(=O)C(=O)N2CCCC(=O)O)cc1. The third-order valence-corrected chi connectivity index (χ3v) is 5.41. The van der Waals surface area contributed by atoms with Gasteiger partial charge in [-0.3, -0.25) is 24.5 Å². The van der Waals surface area contributed by atoms with Gasteiger partial charge in [0.05, 0.1) is 16.5 Å². The second kappa shape index (κ2) is 9.51. The molecule has 0 saturated carbocycles. The number of non-ortho nitro benzene ring substituents is 1. The van der Waals surface area contributed by atoms with Crippen molar-refractivity contribution in [2.24, 2.45) is 0 Å². The molecular formula is C23H23N3O7. The highest BCUT2D eigenvalue weighted by Gasteiger charge is 2.45. The molecule has 1 aliphatic rings. The number of aliphatic hydroxyl groups excluding tert-OH is 1. The van der Waals surface area contributed by atoms with E-state index in [0.717, 1.165) is 5.69 Å². The van der Waals surface area contributed by atoms with Crippen LogP contribution in [0.2, 0.25) is 0 Å². The van der Waals surface area contributed by atoms with E-state index in [1.54, 1.807) is 24.3 Å². The van der Waals surface area contributed by atoms with Crippen LogP contribution in [0.3, 0.4) is 0 Å². The Morgan fingerprint density at radius 3 is 2.18 bits per heavy atom.